The third-order valence-electron chi connectivity index (χ3n) is 1.39. The van der Waals surface area contributed by atoms with Crippen molar-refractivity contribution < 1.29 is 9.90 Å². The third kappa shape index (κ3) is 2.61. The Hall–Kier alpha value is -1.52. The van der Waals surface area contributed by atoms with E-state index < -0.39 is 6.09 Å². The summed E-state index contributed by atoms with van der Waals surface area (Å²) in [5, 5.41) is 14.7. The van der Waals surface area contributed by atoms with Crippen molar-refractivity contribution in [2.45, 2.75) is 19.5 Å². The minimum Gasteiger partial charge on any atom is -0.465 e. The van der Waals surface area contributed by atoms with Gasteiger partial charge in [-0.3, -0.25) is 4.68 Å². The molecule has 1 aromatic rings. The first-order valence-corrected chi connectivity index (χ1v) is 3.65. The smallest absolute Gasteiger partial charge is 0.404 e. The maximum absolute atomic E-state index is 10.2. The molecular weight excluding hydrogens is 158 g/mol. The number of aromatic nitrogens is 2. The van der Waals surface area contributed by atoms with Crippen LogP contribution in [0.4, 0.5) is 4.79 Å². The van der Waals surface area contributed by atoms with E-state index in [2.05, 4.69) is 10.4 Å². The van der Waals surface area contributed by atoms with Crippen molar-refractivity contribution in [1.29, 1.82) is 0 Å². The lowest BCUT2D eigenvalue weighted by atomic mass is 10.3. The molecule has 1 rings (SSSR count). The monoisotopic (exact) mass is 169 g/mol. The summed E-state index contributed by atoms with van der Waals surface area (Å²) in [5.74, 6) is 0. The van der Waals surface area contributed by atoms with Crippen molar-refractivity contribution in [3.63, 3.8) is 0 Å². The van der Waals surface area contributed by atoms with Gasteiger partial charge in [-0.25, -0.2) is 4.79 Å². The van der Waals surface area contributed by atoms with Crippen LogP contribution in [0.25, 0.3) is 0 Å². The molecule has 66 valence electrons. The van der Waals surface area contributed by atoms with Crippen LogP contribution in [-0.4, -0.2) is 27.0 Å². The van der Waals surface area contributed by atoms with Crippen LogP contribution >= 0.6 is 0 Å². The lowest BCUT2D eigenvalue weighted by Crippen LogP contribution is -2.34. The second-order valence-corrected chi connectivity index (χ2v) is 2.58. The van der Waals surface area contributed by atoms with Crippen LogP contribution in [-0.2, 0) is 6.54 Å². The molecule has 0 fully saturated rings. The Labute approximate surface area is 70.0 Å². The van der Waals surface area contributed by atoms with Gasteiger partial charge >= 0.3 is 6.09 Å². The van der Waals surface area contributed by atoms with Crippen LogP contribution in [0.5, 0.6) is 0 Å². The predicted octanol–water partition coefficient (Wildman–Crippen LogP) is 0.539. The van der Waals surface area contributed by atoms with Gasteiger partial charge in [0.15, 0.2) is 0 Å². The number of hydrogen-bond acceptors (Lipinski definition) is 2. The summed E-state index contributed by atoms with van der Waals surface area (Å²) in [6.07, 6.45) is 2.45. The molecule has 1 aromatic heterocycles. The maximum Gasteiger partial charge on any atom is 0.404 e. The van der Waals surface area contributed by atoms with E-state index in [4.69, 9.17) is 5.11 Å². The molecule has 0 aliphatic rings. The van der Waals surface area contributed by atoms with E-state index in [1.165, 1.54) is 0 Å². The summed E-state index contributed by atoms with van der Waals surface area (Å²) in [4.78, 5) is 10.2. The molecule has 5 nitrogen and oxygen atoms in total. The van der Waals surface area contributed by atoms with E-state index in [0.717, 1.165) is 0 Å². The first kappa shape index (κ1) is 8.58. The van der Waals surface area contributed by atoms with Gasteiger partial charge in [-0.2, -0.15) is 5.10 Å². The van der Waals surface area contributed by atoms with Crippen molar-refractivity contribution in [1.82, 2.24) is 15.1 Å². The molecule has 2 N–H and O–H groups in total. The highest BCUT2D eigenvalue weighted by Gasteiger charge is 2.04. The fraction of sp³-hybridized carbons (Fsp3) is 0.429. The van der Waals surface area contributed by atoms with E-state index in [1.807, 2.05) is 0 Å². The lowest BCUT2D eigenvalue weighted by Gasteiger charge is -2.10. The van der Waals surface area contributed by atoms with E-state index in [9.17, 15) is 4.79 Å². The summed E-state index contributed by atoms with van der Waals surface area (Å²) in [7, 11) is 0. The van der Waals surface area contributed by atoms with Crippen molar-refractivity contribution in [3.05, 3.63) is 18.5 Å². The van der Waals surface area contributed by atoms with E-state index >= 15 is 0 Å². The van der Waals surface area contributed by atoms with Gasteiger partial charge < -0.3 is 10.4 Å². The average molecular weight is 169 g/mol. The number of hydrogen-bond donors (Lipinski definition) is 2. The minimum atomic E-state index is -1.00. The van der Waals surface area contributed by atoms with Crippen LogP contribution in [0.1, 0.15) is 6.92 Å². The third-order valence-corrected chi connectivity index (χ3v) is 1.39. The van der Waals surface area contributed by atoms with Crippen molar-refractivity contribution in [3.8, 4) is 0 Å². The molecule has 0 bridgehead atoms. The van der Waals surface area contributed by atoms with Gasteiger partial charge in [0.25, 0.3) is 0 Å². The van der Waals surface area contributed by atoms with Gasteiger partial charge in [-0.1, -0.05) is 0 Å². The van der Waals surface area contributed by atoms with Crippen molar-refractivity contribution >= 4 is 6.09 Å². The van der Waals surface area contributed by atoms with Crippen molar-refractivity contribution in [2.24, 2.45) is 0 Å². The Morgan fingerprint density at radius 2 is 2.58 bits per heavy atom. The molecule has 5 heteroatoms. The van der Waals surface area contributed by atoms with Crippen LogP contribution in [0.3, 0.4) is 0 Å². The fourth-order valence-electron chi connectivity index (χ4n) is 0.945. The molecule has 0 saturated carbocycles. The van der Waals surface area contributed by atoms with Gasteiger partial charge in [-0.05, 0) is 13.0 Å². The summed E-state index contributed by atoms with van der Waals surface area (Å²) >= 11 is 0. The van der Waals surface area contributed by atoms with Gasteiger partial charge in [0.2, 0.25) is 0 Å². The summed E-state index contributed by atoms with van der Waals surface area (Å²) < 4.78 is 1.68. The van der Waals surface area contributed by atoms with Gasteiger partial charge in [0.1, 0.15) is 0 Å². The first-order chi connectivity index (χ1) is 5.68. The van der Waals surface area contributed by atoms with Crippen LogP contribution in [0.2, 0.25) is 0 Å². The first-order valence-electron chi connectivity index (χ1n) is 3.65. The number of carbonyl (C=O) groups is 1. The number of amides is 1. The quantitative estimate of drug-likeness (QED) is 0.693. The lowest BCUT2D eigenvalue weighted by molar-refractivity contribution is 0.189. The molecule has 0 saturated heterocycles. The van der Waals surface area contributed by atoms with Crippen LogP contribution in [0.15, 0.2) is 18.5 Å². The highest BCUT2D eigenvalue weighted by molar-refractivity contribution is 5.64. The molecule has 12 heavy (non-hydrogen) atoms. The second kappa shape index (κ2) is 3.75. The Morgan fingerprint density at radius 1 is 1.83 bits per heavy atom. The molecule has 1 amide bonds. The normalized spacial score (nSPS) is 12.4. The maximum atomic E-state index is 10.2. The molecule has 1 heterocycles. The van der Waals surface area contributed by atoms with Gasteiger partial charge in [0.05, 0.1) is 6.54 Å². The molecule has 1 unspecified atom stereocenters. The van der Waals surface area contributed by atoms with Crippen molar-refractivity contribution in [2.75, 3.05) is 0 Å². The molecule has 0 aromatic carbocycles. The largest absolute Gasteiger partial charge is 0.465 e. The molecule has 0 radical (unpaired) electrons. The number of carboxylic acid groups (broad SMARTS) is 1. The molecule has 1 atom stereocenters. The Bertz CT molecular complexity index is 245. The zero-order chi connectivity index (χ0) is 8.97. The molecular formula is C7H11N3O2. The van der Waals surface area contributed by atoms with E-state index in [-0.39, 0.29) is 6.04 Å². The molecule has 0 spiro atoms. The average Bonchev–Trinajstić information content (AvgIpc) is 2.37. The predicted molar refractivity (Wildman–Crippen MR) is 42.8 cm³/mol. The highest BCUT2D eigenvalue weighted by atomic mass is 16.4. The zero-order valence-electron chi connectivity index (χ0n) is 6.77. The SMILES string of the molecule is CC(Cn1cccn1)NC(=O)O. The summed E-state index contributed by atoms with van der Waals surface area (Å²) in [6.45, 7) is 2.34. The summed E-state index contributed by atoms with van der Waals surface area (Å²) in [6, 6.07) is 1.68. The summed E-state index contributed by atoms with van der Waals surface area (Å²) in [5.41, 5.74) is 0. The van der Waals surface area contributed by atoms with E-state index in [0.29, 0.717) is 6.54 Å². The zero-order valence-corrected chi connectivity index (χ0v) is 6.77. The van der Waals surface area contributed by atoms with Gasteiger partial charge in [0, 0.05) is 18.4 Å². The number of nitrogens with one attached hydrogen (secondary N) is 1. The fourth-order valence-corrected chi connectivity index (χ4v) is 0.945. The molecule has 0 aliphatic heterocycles. The van der Waals surface area contributed by atoms with Crippen LogP contribution in [0, 0.1) is 0 Å². The Morgan fingerprint density at radius 3 is 3.08 bits per heavy atom. The second-order valence-electron chi connectivity index (χ2n) is 2.58. The van der Waals surface area contributed by atoms with Crippen LogP contribution < -0.4 is 5.32 Å². The van der Waals surface area contributed by atoms with E-state index in [1.54, 1.807) is 30.1 Å². The molecule has 0 aliphatic carbocycles. The Kier molecular flexibility index (Phi) is 2.68. The number of nitrogens with zero attached hydrogens (tertiary/aromatic N) is 2. The standard InChI is InChI=1S/C7H11N3O2/c1-6(9-7(11)12)5-10-4-2-3-8-10/h2-4,6,9H,5H2,1H3,(H,11,12). The number of rotatable bonds is 3. The topological polar surface area (TPSA) is 67.2 Å². The van der Waals surface area contributed by atoms with Gasteiger partial charge in [-0.15, -0.1) is 0 Å². The highest BCUT2D eigenvalue weighted by Crippen LogP contribution is 1.89. The minimum absolute atomic E-state index is 0.123. The Balaban J connectivity index is 2.36.